The molecule has 1 aromatic carbocycles. The molecule has 0 saturated carbocycles. The van der Waals surface area contributed by atoms with Crippen molar-refractivity contribution in [1.29, 1.82) is 0 Å². The van der Waals surface area contributed by atoms with Crippen LogP contribution in [-0.2, 0) is 4.74 Å². The Balaban J connectivity index is 2.04. The Labute approximate surface area is 115 Å². The number of ether oxygens (including phenoxy) is 1. The molecule has 0 radical (unpaired) electrons. The minimum absolute atomic E-state index is 0.318. The van der Waals surface area contributed by atoms with E-state index < -0.39 is 0 Å². The zero-order valence-electron chi connectivity index (χ0n) is 11.1. The Morgan fingerprint density at radius 2 is 1.94 bits per heavy atom. The first-order valence-electron chi connectivity index (χ1n) is 6.40. The van der Waals surface area contributed by atoms with Crippen LogP contribution in [0.5, 0.6) is 0 Å². The minimum Gasteiger partial charge on any atom is -0.379 e. The number of thiocarbonyl (C=S) groups is 1. The highest BCUT2D eigenvalue weighted by Gasteiger charge is 1.97. The van der Waals surface area contributed by atoms with E-state index in [0.717, 1.165) is 31.7 Å². The van der Waals surface area contributed by atoms with Crippen molar-refractivity contribution >= 4 is 23.0 Å². The third-order valence-corrected chi connectivity index (χ3v) is 2.59. The van der Waals surface area contributed by atoms with Crippen LogP contribution < -0.4 is 10.6 Å². The van der Waals surface area contributed by atoms with Gasteiger partial charge in [0.15, 0.2) is 5.11 Å². The van der Waals surface area contributed by atoms with Crippen molar-refractivity contribution in [3.63, 3.8) is 0 Å². The van der Waals surface area contributed by atoms with Gasteiger partial charge in [-0.1, -0.05) is 18.2 Å². The first-order valence-corrected chi connectivity index (χ1v) is 6.81. The van der Waals surface area contributed by atoms with Crippen LogP contribution >= 0.6 is 12.2 Å². The van der Waals surface area contributed by atoms with Crippen molar-refractivity contribution in [2.24, 2.45) is 0 Å². The summed E-state index contributed by atoms with van der Waals surface area (Å²) in [6.07, 6.45) is 2.43. The second kappa shape index (κ2) is 8.89. The van der Waals surface area contributed by atoms with E-state index in [-0.39, 0.29) is 0 Å². The monoisotopic (exact) mass is 266 g/mol. The van der Waals surface area contributed by atoms with E-state index in [4.69, 9.17) is 17.0 Å². The number of para-hydroxylation sites is 1. The average Bonchev–Trinajstić information content (AvgIpc) is 2.34. The normalized spacial score (nSPS) is 10.4. The molecule has 0 amide bonds. The van der Waals surface area contributed by atoms with Gasteiger partial charge in [0.1, 0.15) is 0 Å². The molecule has 18 heavy (non-hydrogen) atoms. The smallest absolute Gasteiger partial charge is 0.170 e. The molecule has 0 saturated heterocycles. The van der Waals surface area contributed by atoms with Crippen LogP contribution in [-0.4, -0.2) is 24.4 Å². The van der Waals surface area contributed by atoms with Gasteiger partial charge < -0.3 is 15.4 Å². The third-order valence-electron chi connectivity index (χ3n) is 2.34. The van der Waals surface area contributed by atoms with Gasteiger partial charge in [0.05, 0.1) is 6.10 Å². The number of benzene rings is 1. The van der Waals surface area contributed by atoms with E-state index in [0.29, 0.717) is 11.2 Å². The van der Waals surface area contributed by atoms with Gasteiger partial charge >= 0.3 is 0 Å². The average molecular weight is 266 g/mol. The van der Waals surface area contributed by atoms with Crippen molar-refractivity contribution in [3.05, 3.63) is 30.3 Å². The lowest BCUT2D eigenvalue weighted by atomic mass is 10.3. The zero-order valence-corrected chi connectivity index (χ0v) is 11.9. The highest BCUT2D eigenvalue weighted by atomic mass is 32.1. The fourth-order valence-corrected chi connectivity index (χ4v) is 1.66. The fraction of sp³-hybridized carbons (Fsp3) is 0.500. The fourth-order valence-electron chi connectivity index (χ4n) is 1.44. The summed E-state index contributed by atoms with van der Waals surface area (Å²) < 4.78 is 5.47. The number of hydrogen-bond acceptors (Lipinski definition) is 2. The largest absolute Gasteiger partial charge is 0.379 e. The van der Waals surface area contributed by atoms with Crippen LogP contribution in [0.4, 0.5) is 5.69 Å². The van der Waals surface area contributed by atoms with Crippen LogP contribution in [0.3, 0.4) is 0 Å². The van der Waals surface area contributed by atoms with E-state index in [2.05, 4.69) is 24.5 Å². The number of hydrogen-bond donors (Lipinski definition) is 2. The molecule has 0 heterocycles. The number of anilines is 1. The van der Waals surface area contributed by atoms with Gasteiger partial charge in [0, 0.05) is 18.8 Å². The van der Waals surface area contributed by atoms with E-state index in [1.165, 1.54) is 0 Å². The predicted octanol–water partition coefficient (Wildman–Crippen LogP) is 3.18. The van der Waals surface area contributed by atoms with Crippen molar-refractivity contribution in [2.75, 3.05) is 18.5 Å². The molecular weight excluding hydrogens is 244 g/mol. The van der Waals surface area contributed by atoms with Gasteiger partial charge in [-0.3, -0.25) is 0 Å². The standard InChI is InChI=1S/C14H22N2OS/c1-12(2)17-11-7-6-10-15-14(18)16-13-8-4-3-5-9-13/h3-5,8-9,12H,6-7,10-11H2,1-2H3,(H2,15,16,18). The highest BCUT2D eigenvalue weighted by Crippen LogP contribution is 2.04. The van der Waals surface area contributed by atoms with Crippen LogP contribution in [0.15, 0.2) is 30.3 Å². The lowest BCUT2D eigenvalue weighted by Gasteiger charge is -2.11. The molecule has 0 aliphatic heterocycles. The maximum Gasteiger partial charge on any atom is 0.170 e. The van der Waals surface area contributed by atoms with Gasteiger partial charge in [-0.15, -0.1) is 0 Å². The van der Waals surface area contributed by atoms with Crippen molar-refractivity contribution in [1.82, 2.24) is 5.32 Å². The van der Waals surface area contributed by atoms with Crippen LogP contribution in [0.25, 0.3) is 0 Å². The molecule has 3 nitrogen and oxygen atoms in total. The van der Waals surface area contributed by atoms with Crippen molar-refractivity contribution < 1.29 is 4.74 Å². The summed E-state index contributed by atoms with van der Waals surface area (Å²) >= 11 is 5.20. The zero-order chi connectivity index (χ0) is 13.2. The first kappa shape index (κ1) is 14.9. The summed E-state index contributed by atoms with van der Waals surface area (Å²) in [5.41, 5.74) is 1.01. The first-order chi connectivity index (χ1) is 8.68. The minimum atomic E-state index is 0.318. The van der Waals surface area contributed by atoms with Gasteiger partial charge in [0.2, 0.25) is 0 Å². The third kappa shape index (κ3) is 7.25. The van der Waals surface area contributed by atoms with Gasteiger partial charge in [-0.25, -0.2) is 0 Å². The quantitative estimate of drug-likeness (QED) is 0.586. The molecule has 0 unspecified atom stereocenters. The van der Waals surface area contributed by atoms with Gasteiger partial charge in [-0.05, 0) is 51.0 Å². The molecular formula is C14H22N2OS. The van der Waals surface area contributed by atoms with Crippen LogP contribution in [0, 0.1) is 0 Å². The van der Waals surface area contributed by atoms with Crippen LogP contribution in [0.1, 0.15) is 26.7 Å². The molecule has 0 aliphatic carbocycles. The summed E-state index contributed by atoms with van der Waals surface area (Å²) in [5, 5.41) is 7.00. The van der Waals surface area contributed by atoms with Crippen molar-refractivity contribution in [3.8, 4) is 0 Å². The molecule has 1 rings (SSSR count). The molecule has 100 valence electrons. The molecule has 1 aromatic rings. The Kier molecular flexibility index (Phi) is 7.37. The molecule has 2 N–H and O–H groups in total. The van der Waals surface area contributed by atoms with E-state index in [1.54, 1.807) is 0 Å². The lowest BCUT2D eigenvalue weighted by Crippen LogP contribution is -2.29. The summed E-state index contributed by atoms with van der Waals surface area (Å²) in [7, 11) is 0. The molecule has 4 heteroatoms. The molecule has 0 spiro atoms. The maximum atomic E-state index is 5.47. The SMILES string of the molecule is CC(C)OCCCCNC(=S)Nc1ccccc1. The summed E-state index contributed by atoms with van der Waals surface area (Å²) in [4.78, 5) is 0. The Bertz CT molecular complexity index is 341. The number of rotatable bonds is 7. The summed E-state index contributed by atoms with van der Waals surface area (Å²) in [6.45, 7) is 5.80. The van der Waals surface area contributed by atoms with Gasteiger partial charge in [-0.2, -0.15) is 0 Å². The van der Waals surface area contributed by atoms with Crippen LogP contribution in [0.2, 0.25) is 0 Å². The van der Waals surface area contributed by atoms with E-state index in [1.807, 2.05) is 30.3 Å². The van der Waals surface area contributed by atoms with Crippen molar-refractivity contribution in [2.45, 2.75) is 32.8 Å². The van der Waals surface area contributed by atoms with Gasteiger partial charge in [0.25, 0.3) is 0 Å². The topological polar surface area (TPSA) is 33.3 Å². The lowest BCUT2D eigenvalue weighted by molar-refractivity contribution is 0.0762. The second-order valence-corrected chi connectivity index (χ2v) is 4.78. The molecule has 0 bridgehead atoms. The Hall–Kier alpha value is -1.13. The molecule has 0 aliphatic rings. The van der Waals surface area contributed by atoms with E-state index in [9.17, 15) is 0 Å². The van der Waals surface area contributed by atoms with E-state index >= 15 is 0 Å². The number of unbranched alkanes of at least 4 members (excludes halogenated alkanes) is 1. The number of nitrogens with one attached hydrogen (secondary N) is 2. The summed E-state index contributed by atoms with van der Waals surface area (Å²) in [6, 6.07) is 9.92. The maximum absolute atomic E-state index is 5.47. The summed E-state index contributed by atoms with van der Waals surface area (Å²) in [5.74, 6) is 0. The molecule has 0 atom stereocenters. The predicted molar refractivity (Wildman–Crippen MR) is 81.0 cm³/mol. The molecule has 0 fully saturated rings. The second-order valence-electron chi connectivity index (χ2n) is 4.37. The molecule has 0 aromatic heterocycles. The highest BCUT2D eigenvalue weighted by molar-refractivity contribution is 7.80. The Morgan fingerprint density at radius 3 is 2.61 bits per heavy atom. The Morgan fingerprint density at radius 1 is 1.22 bits per heavy atom.